The van der Waals surface area contributed by atoms with Crippen molar-refractivity contribution in [1.29, 1.82) is 0 Å². The lowest BCUT2D eigenvalue weighted by Crippen LogP contribution is -1.66. The molecule has 0 bridgehead atoms. The quantitative estimate of drug-likeness (QED) is 0.686. The lowest BCUT2D eigenvalue weighted by Gasteiger charge is -1.79. The summed E-state index contributed by atoms with van der Waals surface area (Å²) in [6.07, 6.45) is 0.328. The Morgan fingerprint density at radius 3 is 2.90 bits per heavy atom. The van der Waals surface area contributed by atoms with Crippen LogP contribution in [0.5, 0.6) is 0 Å². The summed E-state index contributed by atoms with van der Waals surface area (Å²) in [6, 6.07) is 2.02. The summed E-state index contributed by atoms with van der Waals surface area (Å²) in [7, 11) is 0. The maximum Gasteiger partial charge on any atom is 0.115 e. The van der Waals surface area contributed by atoms with Gasteiger partial charge < -0.3 is 4.74 Å². The van der Waals surface area contributed by atoms with E-state index in [0.29, 0.717) is 6.10 Å². The lowest BCUT2D eigenvalue weighted by molar-refractivity contribution is 0.418. The van der Waals surface area contributed by atoms with Crippen LogP contribution in [0.1, 0.15) is 11.0 Å². The predicted octanol–water partition coefficient (Wildman–Crippen LogP) is 3.24. The van der Waals surface area contributed by atoms with Crippen molar-refractivity contribution < 1.29 is 4.74 Å². The van der Waals surface area contributed by atoms with E-state index in [-0.39, 0.29) is 0 Å². The molecule has 1 aromatic heterocycles. The lowest BCUT2D eigenvalue weighted by atomic mass is 10.4. The van der Waals surface area contributed by atoms with Crippen molar-refractivity contribution in [3.8, 4) is 0 Å². The molecule has 1 saturated heterocycles. The summed E-state index contributed by atoms with van der Waals surface area (Å²) in [4.78, 5) is 1.22. The summed E-state index contributed by atoms with van der Waals surface area (Å²) >= 11 is 10.7. The molecule has 1 fully saturated rings. The molecule has 1 aliphatic rings. The molecule has 0 aromatic carbocycles. The van der Waals surface area contributed by atoms with Gasteiger partial charge in [0.1, 0.15) is 10.4 Å². The summed E-state index contributed by atoms with van der Waals surface area (Å²) in [5, 5.41) is 0. The van der Waals surface area contributed by atoms with E-state index >= 15 is 0 Å². The van der Waals surface area contributed by atoms with Crippen molar-refractivity contribution >= 4 is 38.9 Å². The maximum atomic E-state index is 5.82. The van der Waals surface area contributed by atoms with Crippen molar-refractivity contribution in [3.63, 3.8) is 0 Å². The van der Waals surface area contributed by atoms with E-state index in [4.69, 9.17) is 16.3 Å². The fraction of sp³-hybridized carbons (Fsp3) is 0.333. The number of thiophene rings is 1. The molecule has 4 heteroatoms. The number of hydrogen-bond acceptors (Lipinski definition) is 2. The van der Waals surface area contributed by atoms with E-state index in [2.05, 4.69) is 15.9 Å². The van der Waals surface area contributed by atoms with Crippen molar-refractivity contribution in [2.45, 2.75) is 6.10 Å². The topological polar surface area (TPSA) is 12.5 Å². The van der Waals surface area contributed by atoms with Gasteiger partial charge in [-0.1, -0.05) is 11.6 Å². The standard InChI is InChI=1S/C6H4BrClOS/c7-3-1-5(4-2-9-4)10-6(3)8/h1,4H,2H2/t4-/m1/s1. The number of rotatable bonds is 1. The maximum absolute atomic E-state index is 5.82. The van der Waals surface area contributed by atoms with Crippen molar-refractivity contribution in [1.82, 2.24) is 0 Å². The van der Waals surface area contributed by atoms with Crippen LogP contribution in [0.15, 0.2) is 10.5 Å². The molecule has 10 heavy (non-hydrogen) atoms. The first-order valence-electron chi connectivity index (χ1n) is 2.83. The van der Waals surface area contributed by atoms with Gasteiger partial charge in [0.15, 0.2) is 0 Å². The highest BCUT2D eigenvalue weighted by atomic mass is 79.9. The summed E-state index contributed by atoms with van der Waals surface area (Å²) in [5.74, 6) is 0. The molecule has 0 radical (unpaired) electrons. The van der Waals surface area contributed by atoms with Crippen LogP contribution in [0, 0.1) is 0 Å². The summed E-state index contributed by atoms with van der Waals surface area (Å²) < 4.78 is 6.88. The zero-order valence-electron chi connectivity index (χ0n) is 4.93. The van der Waals surface area contributed by atoms with Crippen molar-refractivity contribution in [2.24, 2.45) is 0 Å². The third-order valence-electron chi connectivity index (χ3n) is 1.31. The van der Waals surface area contributed by atoms with Gasteiger partial charge in [-0.25, -0.2) is 0 Å². The molecule has 0 N–H and O–H groups in total. The minimum Gasteiger partial charge on any atom is -0.367 e. The van der Waals surface area contributed by atoms with E-state index < -0.39 is 0 Å². The number of epoxide rings is 1. The Balaban J connectivity index is 2.34. The molecule has 54 valence electrons. The van der Waals surface area contributed by atoms with E-state index in [1.54, 1.807) is 11.3 Å². The number of halogens is 2. The zero-order valence-corrected chi connectivity index (χ0v) is 8.09. The Kier molecular flexibility index (Phi) is 1.76. The van der Waals surface area contributed by atoms with Gasteiger partial charge in [-0.2, -0.15) is 0 Å². The van der Waals surface area contributed by atoms with Crippen LogP contribution in [0.25, 0.3) is 0 Å². The predicted molar refractivity (Wildman–Crippen MR) is 45.7 cm³/mol. The van der Waals surface area contributed by atoms with Crippen LogP contribution in [0.3, 0.4) is 0 Å². The molecule has 0 unspecified atom stereocenters. The third-order valence-corrected chi connectivity index (χ3v) is 3.88. The average Bonchev–Trinajstić information content (AvgIpc) is 2.64. The van der Waals surface area contributed by atoms with Crippen LogP contribution in [0.4, 0.5) is 0 Å². The van der Waals surface area contributed by atoms with Gasteiger partial charge in [-0.15, -0.1) is 11.3 Å². The Bertz CT molecular complexity index is 237. The molecule has 2 rings (SSSR count). The molecule has 0 spiro atoms. The Hall–Kier alpha value is 0.430. The molecule has 2 heterocycles. The van der Waals surface area contributed by atoms with Crippen LogP contribution in [-0.4, -0.2) is 6.61 Å². The molecule has 0 amide bonds. The molecule has 1 aromatic rings. The van der Waals surface area contributed by atoms with Gasteiger partial charge in [-0.3, -0.25) is 0 Å². The summed E-state index contributed by atoms with van der Waals surface area (Å²) in [5.41, 5.74) is 0. The Labute approximate surface area is 76.1 Å². The second kappa shape index (κ2) is 2.48. The van der Waals surface area contributed by atoms with Crippen LogP contribution < -0.4 is 0 Å². The van der Waals surface area contributed by atoms with Crippen LogP contribution >= 0.6 is 38.9 Å². The minimum absolute atomic E-state index is 0.328. The zero-order chi connectivity index (χ0) is 7.14. The Morgan fingerprint density at radius 2 is 2.50 bits per heavy atom. The Morgan fingerprint density at radius 1 is 1.80 bits per heavy atom. The van der Waals surface area contributed by atoms with Gasteiger partial charge in [0.05, 0.1) is 6.61 Å². The van der Waals surface area contributed by atoms with E-state index in [0.717, 1.165) is 15.4 Å². The van der Waals surface area contributed by atoms with Gasteiger partial charge in [0.25, 0.3) is 0 Å². The van der Waals surface area contributed by atoms with E-state index in [9.17, 15) is 0 Å². The molecule has 1 aliphatic heterocycles. The molecule has 1 nitrogen and oxygen atoms in total. The van der Waals surface area contributed by atoms with Crippen molar-refractivity contribution in [2.75, 3.05) is 6.61 Å². The fourth-order valence-electron chi connectivity index (χ4n) is 0.734. The largest absolute Gasteiger partial charge is 0.367 e. The SMILES string of the molecule is Clc1sc([C@H]2CO2)cc1Br. The first-order chi connectivity index (χ1) is 4.77. The average molecular weight is 240 g/mol. The van der Waals surface area contributed by atoms with Crippen LogP contribution in [-0.2, 0) is 4.74 Å². The minimum atomic E-state index is 0.328. The summed E-state index contributed by atoms with van der Waals surface area (Å²) in [6.45, 7) is 0.850. The first-order valence-corrected chi connectivity index (χ1v) is 4.82. The first kappa shape index (κ1) is 7.10. The molecular weight excluding hydrogens is 235 g/mol. The second-order valence-electron chi connectivity index (χ2n) is 2.09. The van der Waals surface area contributed by atoms with E-state index in [1.165, 1.54) is 4.88 Å². The van der Waals surface area contributed by atoms with Gasteiger partial charge in [0.2, 0.25) is 0 Å². The van der Waals surface area contributed by atoms with Gasteiger partial charge >= 0.3 is 0 Å². The number of hydrogen-bond donors (Lipinski definition) is 0. The van der Waals surface area contributed by atoms with Crippen molar-refractivity contribution in [3.05, 3.63) is 19.8 Å². The molecule has 0 saturated carbocycles. The highest BCUT2D eigenvalue weighted by Gasteiger charge is 2.27. The smallest absolute Gasteiger partial charge is 0.115 e. The number of ether oxygens (including phenoxy) is 1. The fourth-order valence-corrected chi connectivity index (χ4v) is 2.50. The highest BCUT2D eigenvalue weighted by molar-refractivity contribution is 9.10. The highest BCUT2D eigenvalue weighted by Crippen LogP contribution is 2.40. The third kappa shape index (κ3) is 1.23. The second-order valence-corrected chi connectivity index (χ2v) is 4.63. The van der Waals surface area contributed by atoms with E-state index in [1.807, 2.05) is 6.07 Å². The molecular formula is C6H4BrClOS. The normalized spacial score (nSPS) is 23.2. The molecule has 1 atom stereocenters. The van der Waals surface area contributed by atoms with Gasteiger partial charge in [0, 0.05) is 9.35 Å². The van der Waals surface area contributed by atoms with Crippen LogP contribution in [0.2, 0.25) is 4.34 Å². The molecule has 0 aliphatic carbocycles. The monoisotopic (exact) mass is 238 g/mol. The van der Waals surface area contributed by atoms with Gasteiger partial charge in [-0.05, 0) is 22.0 Å².